The Bertz CT molecular complexity index is 714. The van der Waals surface area contributed by atoms with Crippen molar-refractivity contribution >= 4 is 10.4 Å². The van der Waals surface area contributed by atoms with Gasteiger partial charge < -0.3 is 10.2 Å². The second kappa shape index (κ2) is 6.01. The fourth-order valence-corrected chi connectivity index (χ4v) is 7.61. The average molecular weight is 387 g/mol. The molecule has 6 nitrogen and oxygen atoms in total. The molecule has 3 saturated carbocycles. The summed E-state index contributed by atoms with van der Waals surface area (Å²) in [6.07, 6.45) is 11.7. The summed E-state index contributed by atoms with van der Waals surface area (Å²) in [4.78, 5) is 0. The van der Waals surface area contributed by atoms with Crippen LogP contribution in [0.15, 0.2) is 11.6 Å². The second-order valence-electron chi connectivity index (χ2n) is 9.17. The lowest BCUT2D eigenvalue weighted by molar-refractivity contribution is -0.376. The van der Waals surface area contributed by atoms with Crippen LogP contribution in [0.1, 0.15) is 71.1 Å². The zero-order valence-electron chi connectivity index (χ0n) is 15.4. The zero-order valence-corrected chi connectivity index (χ0v) is 16.2. The van der Waals surface area contributed by atoms with E-state index in [9.17, 15) is 18.6 Å². The van der Waals surface area contributed by atoms with Gasteiger partial charge in [-0.3, -0.25) is 4.55 Å². The molecule has 0 aromatic carbocycles. The summed E-state index contributed by atoms with van der Waals surface area (Å²) in [7, 11) is -4.95. The fraction of sp³-hybridized carbons (Fsp3) is 0.895. The quantitative estimate of drug-likeness (QED) is 0.391. The maximum absolute atomic E-state index is 11.2. The highest BCUT2D eigenvalue weighted by Gasteiger charge is 2.65. The van der Waals surface area contributed by atoms with Crippen molar-refractivity contribution in [2.75, 3.05) is 0 Å². The first-order chi connectivity index (χ1) is 12.1. The van der Waals surface area contributed by atoms with Gasteiger partial charge in [0.25, 0.3) is 0 Å². The summed E-state index contributed by atoms with van der Waals surface area (Å²) in [6, 6.07) is 0. The summed E-state index contributed by atoms with van der Waals surface area (Å²) in [6.45, 7) is 2.37. The van der Waals surface area contributed by atoms with Crippen molar-refractivity contribution in [3.05, 3.63) is 11.6 Å². The molecule has 0 spiro atoms. The van der Waals surface area contributed by atoms with Crippen LogP contribution in [0.2, 0.25) is 0 Å². The van der Waals surface area contributed by atoms with E-state index in [0.29, 0.717) is 24.7 Å². The number of rotatable bonds is 3. The van der Waals surface area contributed by atoms with E-state index >= 15 is 0 Å². The van der Waals surface area contributed by atoms with Crippen LogP contribution >= 0.6 is 0 Å². The van der Waals surface area contributed by atoms with E-state index in [2.05, 4.69) is 17.2 Å². The van der Waals surface area contributed by atoms with E-state index < -0.39 is 21.8 Å². The summed E-state index contributed by atoms with van der Waals surface area (Å²) < 4.78 is 35.9. The van der Waals surface area contributed by atoms with Crippen LogP contribution in [-0.2, 0) is 14.6 Å². The Balaban J connectivity index is 1.69. The highest BCUT2D eigenvalue weighted by molar-refractivity contribution is 7.80. The maximum atomic E-state index is 11.2. The lowest BCUT2D eigenvalue weighted by Crippen LogP contribution is -2.59. The van der Waals surface area contributed by atoms with Gasteiger partial charge in [-0.15, -0.1) is 0 Å². The predicted molar refractivity (Wildman–Crippen MR) is 95.1 cm³/mol. The second-order valence-corrected chi connectivity index (χ2v) is 10.2. The van der Waals surface area contributed by atoms with Crippen LogP contribution in [0.3, 0.4) is 0 Å². The van der Waals surface area contributed by atoms with Crippen LogP contribution < -0.4 is 0 Å². The van der Waals surface area contributed by atoms with Gasteiger partial charge in [0.05, 0.1) is 5.41 Å². The number of aliphatic hydroxyl groups is 2. The lowest BCUT2D eigenvalue weighted by Gasteiger charge is -2.58. The Hall–Kier alpha value is -0.470. The third kappa shape index (κ3) is 2.70. The van der Waals surface area contributed by atoms with E-state index in [1.165, 1.54) is 25.7 Å². The highest BCUT2D eigenvalue weighted by atomic mass is 32.3. The minimum Gasteiger partial charge on any atom is -0.342 e. The minimum atomic E-state index is -4.95. The fourth-order valence-electron chi connectivity index (χ4n) is 7.15. The van der Waals surface area contributed by atoms with E-state index in [-0.39, 0.29) is 11.3 Å². The standard InChI is InChI=1S/C19H30O6S/c1-17-10-3-2-5-13(17)7-8-14-15(17)9-12-18(11-4-6-16(14)18)19(20,21)25-26(22,23)24/h7,14-16,20-21H,2-6,8-12H2,1H3,(H,22,23,24)/t14-,15+,16+,17+,18-/m1/s1. The van der Waals surface area contributed by atoms with Crippen molar-refractivity contribution in [2.45, 2.75) is 77.1 Å². The molecule has 0 amide bonds. The van der Waals surface area contributed by atoms with Crippen LogP contribution in [0.25, 0.3) is 0 Å². The molecule has 0 unspecified atom stereocenters. The summed E-state index contributed by atoms with van der Waals surface area (Å²) >= 11 is 0. The topological polar surface area (TPSA) is 104 Å². The Morgan fingerprint density at radius 3 is 2.62 bits per heavy atom. The molecule has 5 atom stereocenters. The Morgan fingerprint density at radius 2 is 1.88 bits per heavy atom. The van der Waals surface area contributed by atoms with Crippen molar-refractivity contribution < 1.29 is 27.4 Å². The van der Waals surface area contributed by atoms with E-state index in [0.717, 1.165) is 25.7 Å². The molecule has 3 N–H and O–H groups in total. The third-order valence-electron chi connectivity index (χ3n) is 8.23. The van der Waals surface area contributed by atoms with Crippen molar-refractivity contribution in [3.8, 4) is 0 Å². The van der Waals surface area contributed by atoms with Gasteiger partial charge in [-0.2, -0.15) is 12.6 Å². The molecular formula is C19H30O6S. The molecule has 3 fully saturated rings. The monoisotopic (exact) mass is 386 g/mol. The highest BCUT2D eigenvalue weighted by Crippen LogP contribution is 2.67. The minimum absolute atomic E-state index is 0.00504. The normalized spacial score (nSPS) is 43.2. The Labute approximate surface area is 155 Å². The van der Waals surface area contributed by atoms with Gasteiger partial charge in [0.15, 0.2) is 0 Å². The van der Waals surface area contributed by atoms with Gasteiger partial charge in [0.2, 0.25) is 0 Å². The van der Waals surface area contributed by atoms with Crippen LogP contribution in [0.5, 0.6) is 0 Å². The van der Waals surface area contributed by atoms with Crippen molar-refractivity contribution in [2.24, 2.45) is 28.6 Å². The van der Waals surface area contributed by atoms with Crippen LogP contribution in [0.4, 0.5) is 0 Å². The van der Waals surface area contributed by atoms with Gasteiger partial charge in [0.1, 0.15) is 0 Å². The van der Waals surface area contributed by atoms with E-state index in [1.807, 2.05) is 0 Å². The first-order valence-electron chi connectivity index (χ1n) is 9.91. The smallest absolute Gasteiger partial charge is 0.342 e. The van der Waals surface area contributed by atoms with Crippen LogP contribution in [-0.4, -0.2) is 29.2 Å². The SMILES string of the molecule is C[C@]12CCCCC1=CC[C@H]1[C@@H]3CCC[C@@]3(C(O)(O)OS(=O)(=O)O)CC[C@@H]12. The predicted octanol–water partition coefficient (Wildman–Crippen LogP) is 3.17. The number of allylic oxidation sites excluding steroid dienone is 2. The van der Waals surface area contributed by atoms with Crippen molar-refractivity contribution in [1.29, 1.82) is 0 Å². The molecular weight excluding hydrogens is 356 g/mol. The largest absolute Gasteiger partial charge is 0.401 e. The maximum Gasteiger partial charge on any atom is 0.401 e. The van der Waals surface area contributed by atoms with E-state index in [4.69, 9.17) is 4.55 Å². The Morgan fingerprint density at radius 1 is 1.12 bits per heavy atom. The van der Waals surface area contributed by atoms with Crippen LogP contribution in [0, 0.1) is 28.6 Å². The van der Waals surface area contributed by atoms with E-state index in [1.54, 1.807) is 5.57 Å². The Kier molecular flexibility index (Phi) is 4.36. The molecule has 0 bridgehead atoms. The van der Waals surface area contributed by atoms with Gasteiger partial charge in [0, 0.05) is 0 Å². The number of hydrogen-bond donors (Lipinski definition) is 3. The molecule has 7 heteroatoms. The lowest BCUT2D eigenvalue weighted by atomic mass is 9.47. The van der Waals surface area contributed by atoms with Crippen molar-refractivity contribution in [3.63, 3.8) is 0 Å². The first-order valence-corrected chi connectivity index (χ1v) is 11.3. The van der Waals surface area contributed by atoms with Gasteiger partial charge >= 0.3 is 16.4 Å². The third-order valence-corrected chi connectivity index (χ3v) is 8.68. The molecule has 4 rings (SSSR count). The number of fused-ring (bicyclic) bond motifs is 5. The molecule has 4 aliphatic rings. The molecule has 0 aliphatic heterocycles. The molecule has 4 aliphatic carbocycles. The molecule has 0 aromatic heterocycles. The van der Waals surface area contributed by atoms with Gasteiger partial charge in [-0.1, -0.05) is 31.4 Å². The average Bonchev–Trinajstić information content (AvgIpc) is 2.98. The van der Waals surface area contributed by atoms with Gasteiger partial charge in [-0.05, 0) is 74.5 Å². The molecule has 26 heavy (non-hydrogen) atoms. The first kappa shape index (κ1) is 18.9. The number of hydrogen-bond acceptors (Lipinski definition) is 5. The molecule has 0 radical (unpaired) electrons. The van der Waals surface area contributed by atoms with Crippen molar-refractivity contribution in [1.82, 2.24) is 0 Å². The molecule has 0 heterocycles. The van der Waals surface area contributed by atoms with Gasteiger partial charge in [-0.25, -0.2) is 0 Å². The summed E-state index contributed by atoms with van der Waals surface area (Å²) in [5.74, 6) is -2.05. The molecule has 148 valence electrons. The zero-order chi connectivity index (χ0) is 18.8. The molecule has 0 saturated heterocycles. The summed E-state index contributed by atoms with van der Waals surface area (Å²) in [5.41, 5.74) is 0.734. The molecule has 0 aromatic rings. The summed E-state index contributed by atoms with van der Waals surface area (Å²) in [5, 5.41) is 21.2.